The van der Waals surface area contributed by atoms with E-state index in [2.05, 4.69) is 18.8 Å². The lowest BCUT2D eigenvalue weighted by Crippen LogP contribution is -2.17. The van der Waals surface area contributed by atoms with Crippen LogP contribution in [0.15, 0.2) is 0 Å². The quantitative estimate of drug-likeness (QED) is 0.0988. The molecule has 0 aromatic rings. The zero-order valence-corrected chi connectivity index (χ0v) is 20.6. The lowest BCUT2D eigenvalue weighted by molar-refractivity contribution is -0.106. The van der Waals surface area contributed by atoms with E-state index >= 15 is 0 Å². The van der Waals surface area contributed by atoms with Gasteiger partial charge in [0.05, 0.1) is 13.2 Å². The van der Waals surface area contributed by atoms with Gasteiger partial charge in [-0.15, -0.1) is 0 Å². The predicted octanol–water partition coefficient (Wildman–Crippen LogP) is 6.77. The number of aliphatic hydroxyl groups is 2. The summed E-state index contributed by atoms with van der Waals surface area (Å²) >= 11 is 0. The van der Waals surface area contributed by atoms with Gasteiger partial charge >= 0.3 is 0 Å². The summed E-state index contributed by atoms with van der Waals surface area (Å²) in [4.78, 5) is 0. The summed E-state index contributed by atoms with van der Waals surface area (Å²) in [5.74, 6) is 6.45. The summed E-state index contributed by atoms with van der Waals surface area (Å²) in [6, 6.07) is 0. The van der Waals surface area contributed by atoms with Gasteiger partial charge in [0.2, 0.25) is 6.29 Å². The van der Waals surface area contributed by atoms with E-state index in [4.69, 9.17) is 19.7 Å². The summed E-state index contributed by atoms with van der Waals surface area (Å²) in [5, 5.41) is 17.7. The molecule has 0 heterocycles. The van der Waals surface area contributed by atoms with E-state index in [-0.39, 0.29) is 13.2 Å². The number of rotatable bonds is 24. The van der Waals surface area contributed by atoms with Crippen LogP contribution in [0.2, 0.25) is 0 Å². The molecule has 0 aromatic heterocycles. The molecule has 0 bridgehead atoms. The summed E-state index contributed by atoms with van der Waals surface area (Å²) < 4.78 is 11.7. The maximum atomic E-state index is 8.84. The Morgan fingerprint density at radius 2 is 0.968 bits per heavy atom. The highest BCUT2D eigenvalue weighted by Gasteiger charge is 2.05. The van der Waals surface area contributed by atoms with Gasteiger partial charge < -0.3 is 19.7 Å². The molecule has 0 aromatic carbocycles. The molecule has 31 heavy (non-hydrogen) atoms. The Kier molecular flexibility index (Phi) is 26.9. The van der Waals surface area contributed by atoms with Gasteiger partial charge in [-0.1, -0.05) is 96.3 Å². The molecule has 0 fully saturated rings. The summed E-state index contributed by atoms with van der Waals surface area (Å²) in [6.07, 6.45) is 21.9. The molecule has 0 aliphatic heterocycles. The maximum absolute atomic E-state index is 8.84. The fraction of sp³-hybridized carbons (Fsp3) is 0.926. The van der Waals surface area contributed by atoms with Gasteiger partial charge in [0.1, 0.15) is 0 Å². The van der Waals surface area contributed by atoms with E-state index in [1.54, 1.807) is 0 Å². The molecular weight excluding hydrogens is 388 g/mol. The highest BCUT2D eigenvalue weighted by Crippen LogP contribution is 2.11. The third kappa shape index (κ3) is 25.5. The molecule has 0 aliphatic carbocycles. The summed E-state index contributed by atoms with van der Waals surface area (Å²) in [6.45, 7) is 4.13. The molecule has 0 spiro atoms. The van der Waals surface area contributed by atoms with Crippen molar-refractivity contribution in [3.63, 3.8) is 0 Å². The van der Waals surface area contributed by atoms with Gasteiger partial charge in [-0.3, -0.25) is 0 Å². The van der Waals surface area contributed by atoms with Crippen LogP contribution in [-0.4, -0.2) is 42.9 Å². The third-order valence-electron chi connectivity index (χ3n) is 5.52. The largest absolute Gasteiger partial charge is 0.396 e. The van der Waals surface area contributed by atoms with Gasteiger partial charge in [-0.25, -0.2) is 0 Å². The minimum Gasteiger partial charge on any atom is -0.396 e. The molecule has 4 nitrogen and oxygen atoms in total. The van der Waals surface area contributed by atoms with Crippen LogP contribution in [0.4, 0.5) is 0 Å². The van der Waals surface area contributed by atoms with Crippen LogP contribution in [0.3, 0.4) is 0 Å². The Labute approximate surface area is 193 Å². The van der Waals surface area contributed by atoms with Gasteiger partial charge in [-0.05, 0) is 38.0 Å². The van der Waals surface area contributed by atoms with Crippen LogP contribution in [-0.2, 0) is 9.47 Å². The molecule has 0 atom stereocenters. The Morgan fingerprint density at radius 3 is 1.45 bits per heavy atom. The molecule has 0 saturated carbocycles. The van der Waals surface area contributed by atoms with Crippen molar-refractivity contribution in [3.05, 3.63) is 0 Å². The Bertz CT molecular complexity index is 372. The fourth-order valence-corrected chi connectivity index (χ4v) is 3.50. The third-order valence-corrected chi connectivity index (χ3v) is 5.52. The molecule has 0 unspecified atom stereocenters. The van der Waals surface area contributed by atoms with E-state index in [0.29, 0.717) is 13.2 Å². The minimum absolute atomic E-state index is 0.271. The molecule has 2 N–H and O–H groups in total. The van der Waals surface area contributed by atoms with Crippen LogP contribution in [0.5, 0.6) is 0 Å². The van der Waals surface area contributed by atoms with Crippen molar-refractivity contribution >= 4 is 0 Å². The molecule has 4 heteroatoms. The number of hydrogen-bond acceptors (Lipinski definition) is 4. The van der Waals surface area contributed by atoms with Gasteiger partial charge in [-0.2, -0.15) is 0 Å². The van der Waals surface area contributed by atoms with E-state index < -0.39 is 6.29 Å². The number of aliphatic hydroxyl groups excluding tert-OH is 2. The van der Waals surface area contributed by atoms with Crippen molar-refractivity contribution < 1.29 is 19.7 Å². The fourth-order valence-electron chi connectivity index (χ4n) is 3.50. The predicted molar refractivity (Wildman–Crippen MR) is 131 cm³/mol. The lowest BCUT2D eigenvalue weighted by atomic mass is 10.1. The standard InChI is InChI=1S/C27H52O4/c1-2-3-4-5-6-7-8-9-10-11-12-17-22-27(30-25-20-15-13-18-23-28)31-26-21-16-14-19-24-29/h27-29H,2-16,18-21,23-26H2,1H3. The van der Waals surface area contributed by atoms with E-state index in [9.17, 15) is 0 Å². The van der Waals surface area contributed by atoms with Crippen LogP contribution >= 0.6 is 0 Å². The first kappa shape index (κ1) is 30.4. The molecular formula is C27H52O4. The zero-order chi connectivity index (χ0) is 22.7. The molecule has 184 valence electrons. The minimum atomic E-state index is -0.418. The zero-order valence-electron chi connectivity index (χ0n) is 20.6. The Morgan fingerprint density at radius 1 is 0.548 bits per heavy atom. The van der Waals surface area contributed by atoms with E-state index in [1.165, 1.54) is 57.8 Å². The first-order valence-electron chi connectivity index (χ1n) is 13.3. The molecule has 0 rings (SSSR count). The highest BCUT2D eigenvalue weighted by molar-refractivity contribution is 5.02. The van der Waals surface area contributed by atoms with Gasteiger partial charge in [0, 0.05) is 19.6 Å². The van der Waals surface area contributed by atoms with Crippen molar-refractivity contribution in [2.24, 2.45) is 0 Å². The van der Waals surface area contributed by atoms with Crippen LogP contribution in [0, 0.1) is 11.8 Å². The molecule has 0 radical (unpaired) electrons. The van der Waals surface area contributed by atoms with Crippen molar-refractivity contribution in [3.8, 4) is 11.8 Å². The summed E-state index contributed by atoms with van der Waals surface area (Å²) in [5.41, 5.74) is 0. The van der Waals surface area contributed by atoms with Crippen LogP contribution < -0.4 is 0 Å². The maximum Gasteiger partial charge on any atom is 0.222 e. The Balaban J connectivity index is 3.87. The van der Waals surface area contributed by atoms with Gasteiger partial charge in [0.25, 0.3) is 0 Å². The molecule has 0 amide bonds. The topological polar surface area (TPSA) is 58.9 Å². The van der Waals surface area contributed by atoms with E-state index in [1.807, 2.05) is 0 Å². The SMILES string of the molecule is CCCCCCCCCCCCC#CC(OCCCCCCO)OCCCCCCO. The van der Waals surface area contributed by atoms with Crippen molar-refractivity contribution in [2.45, 2.75) is 135 Å². The number of unbranched alkanes of at least 4 members (excludes halogenated alkanes) is 16. The van der Waals surface area contributed by atoms with Crippen molar-refractivity contribution in [1.82, 2.24) is 0 Å². The van der Waals surface area contributed by atoms with Gasteiger partial charge in [0.15, 0.2) is 0 Å². The Hall–Kier alpha value is -0.600. The highest BCUT2D eigenvalue weighted by atomic mass is 16.7. The van der Waals surface area contributed by atoms with Crippen molar-refractivity contribution in [1.29, 1.82) is 0 Å². The first-order chi connectivity index (χ1) is 15.3. The smallest absolute Gasteiger partial charge is 0.222 e. The first-order valence-corrected chi connectivity index (χ1v) is 13.3. The second-order valence-corrected chi connectivity index (χ2v) is 8.60. The average molecular weight is 441 g/mol. The normalized spacial score (nSPS) is 11.1. The molecule has 0 saturated heterocycles. The van der Waals surface area contributed by atoms with Crippen LogP contribution in [0.1, 0.15) is 129 Å². The lowest BCUT2D eigenvalue weighted by Gasteiger charge is -2.13. The number of hydrogen-bond donors (Lipinski definition) is 2. The van der Waals surface area contributed by atoms with Crippen molar-refractivity contribution in [2.75, 3.05) is 26.4 Å². The second kappa shape index (κ2) is 27.4. The second-order valence-electron chi connectivity index (χ2n) is 8.60. The average Bonchev–Trinajstić information content (AvgIpc) is 2.78. The van der Waals surface area contributed by atoms with E-state index in [0.717, 1.165) is 64.2 Å². The summed E-state index contributed by atoms with van der Waals surface area (Å²) in [7, 11) is 0. The van der Waals surface area contributed by atoms with Crippen LogP contribution in [0.25, 0.3) is 0 Å². The molecule has 0 aliphatic rings. The number of ether oxygens (including phenoxy) is 2. The monoisotopic (exact) mass is 440 g/mol.